The third-order valence-electron chi connectivity index (χ3n) is 4.33. The smallest absolute Gasteiger partial charge is 0.382 e. The molecule has 3 heterocycles. The molecule has 0 amide bonds. The van der Waals surface area contributed by atoms with E-state index in [0.717, 1.165) is 0 Å². The zero-order valence-corrected chi connectivity index (χ0v) is 21.6. The summed E-state index contributed by atoms with van der Waals surface area (Å²) in [4.78, 5) is 32.6. The number of phosphoric acid groups is 2. The van der Waals surface area contributed by atoms with Crippen molar-refractivity contribution in [3.63, 3.8) is 0 Å². The SMILES string of the molecule is CC(C)(C)OP(=O)(O)OC[C@H]1O[C@@H](n2cnc3c(N)ncnc32)C[C@H]1OP(=O)(O)OC(C)(C)C. The fourth-order valence-corrected chi connectivity index (χ4v) is 5.67. The Balaban J connectivity index is 1.83. The van der Waals surface area contributed by atoms with Crippen LogP contribution in [0.2, 0.25) is 0 Å². The highest BCUT2D eigenvalue weighted by molar-refractivity contribution is 7.47. The number of hydrogen-bond donors (Lipinski definition) is 3. The standard InChI is InChI=1S/C18H31N5O9P2/c1-17(2,3)31-33(24,25)28-8-12-11(30-34(26,27)32-18(4,5)6)7-13(29-12)23-10-22-14-15(19)20-9-21-16(14)23/h9-13H,7-8H2,1-6H3,(H,24,25)(H,26,27)(H2,19,20,21)/t11-,12-,13-/m1/s1. The van der Waals surface area contributed by atoms with Gasteiger partial charge in [-0.15, -0.1) is 0 Å². The van der Waals surface area contributed by atoms with Gasteiger partial charge in [0.1, 0.15) is 30.3 Å². The molecule has 0 radical (unpaired) electrons. The minimum absolute atomic E-state index is 0.0529. The molecule has 0 aromatic carbocycles. The van der Waals surface area contributed by atoms with Crippen LogP contribution in [0, 0.1) is 0 Å². The van der Waals surface area contributed by atoms with Gasteiger partial charge < -0.3 is 20.3 Å². The van der Waals surface area contributed by atoms with Gasteiger partial charge in [-0.2, -0.15) is 0 Å². The Morgan fingerprint density at radius 2 is 1.71 bits per heavy atom. The third-order valence-corrected chi connectivity index (χ3v) is 6.90. The highest BCUT2D eigenvalue weighted by Crippen LogP contribution is 2.52. The molecule has 2 aromatic heterocycles. The van der Waals surface area contributed by atoms with Crippen molar-refractivity contribution in [2.24, 2.45) is 0 Å². The van der Waals surface area contributed by atoms with E-state index in [1.54, 1.807) is 46.1 Å². The van der Waals surface area contributed by atoms with Gasteiger partial charge >= 0.3 is 15.6 Å². The number of nitrogen functional groups attached to an aromatic ring is 1. The fraction of sp³-hybridized carbons (Fsp3) is 0.722. The maximum absolute atomic E-state index is 12.6. The summed E-state index contributed by atoms with van der Waals surface area (Å²) < 4.78 is 53.2. The molecule has 1 aliphatic heterocycles. The highest BCUT2D eigenvalue weighted by Gasteiger charge is 2.44. The Morgan fingerprint density at radius 3 is 2.32 bits per heavy atom. The van der Waals surface area contributed by atoms with E-state index < -0.39 is 51.9 Å². The number of aromatic nitrogens is 4. The molecule has 34 heavy (non-hydrogen) atoms. The monoisotopic (exact) mass is 523 g/mol. The van der Waals surface area contributed by atoms with Crippen LogP contribution in [-0.4, -0.2) is 59.3 Å². The predicted molar refractivity (Wildman–Crippen MR) is 120 cm³/mol. The van der Waals surface area contributed by atoms with Gasteiger partial charge in [-0.1, -0.05) is 0 Å². The number of rotatable bonds is 8. The largest absolute Gasteiger partial charge is 0.473 e. The summed E-state index contributed by atoms with van der Waals surface area (Å²) in [5, 5.41) is 0. The minimum atomic E-state index is -4.53. The molecule has 3 rings (SSSR count). The Bertz CT molecular complexity index is 1110. The van der Waals surface area contributed by atoms with Gasteiger partial charge in [-0.3, -0.25) is 22.7 Å². The molecule has 16 heteroatoms. The van der Waals surface area contributed by atoms with Gasteiger partial charge in [0.25, 0.3) is 0 Å². The number of imidazole rings is 1. The van der Waals surface area contributed by atoms with Crippen LogP contribution in [0.1, 0.15) is 54.2 Å². The maximum atomic E-state index is 12.6. The summed E-state index contributed by atoms with van der Waals surface area (Å²) >= 11 is 0. The predicted octanol–water partition coefficient (Wildman–Crippen LogP) is 2.93. The van der Waals surface area contributed by atoms with Gasteiger partial charge in [0.2, 0.25) is 0 Å². The molecule has 1 aliphatic rings. The molecule has 5 atom stereocenters. The molecule has 4 N–H and O–H groups in total. The lowest BCUT2D eigenvalue weighted by molar-refractivity contribution is -0.0508. The quantitative estimate of drug-likeness (QED) is 0.428. The molecule has 192 valence electrons. The Kier molecular flexibility index (Phi) is 7.60. The fourth-order valence-electron chi connectivity index (χ4n) is 3.29. The number of ether oxygens (including phenoxy) is 1. The van der Waals surface area contributed by atoms with E-state index >= 15 is 0 Å². The second kappa shape index (κ2) is 9.53. The van der Waals surface area contributed by atoms with E-state index in [9.17, 15) is 18.9 Å². The molecule has 0 aliphatic carbocycles. The first kappa shape index (κ1) is 27.1. The molecule has 1 fully saturated rings. The topological polar surface area (TPSA) is 190 Å². The van der Waals surface area contributed by atoms with E-state index in [1.807, 2.05) is 0 Å². The second-order valence-electron chi connectivity index (χ2n) is 9.73. The lowest BCUT2D eigenvalue weighted by Gasteiger charge is -2.27. The third kappa shape index (κ3) is 7.27. The van der Waals surface area contributed by atoms with E-state index in [2.05, 4.69) is 15.0 Å². The van der Waals surface area contributed by atoms with Gasteiger partial charge in [0.15, 0.2) is 11.5 Å². The zero-order chi connectivity index (χ0) is 25.5. The summed E-state index contributed by atoms with van der Waals surface area (Å²) in [5.41, 5.74) is 4.65. The molecule has 2 unspecified atom stereocenters. The van der Waals surface area contributed by atoms with Crippen LogP contribution in [0.3, 0.4) is 0 Å². The molecule has 1 saturated heterocycles. The van der Waals surface area contributed by atoms with E-state index in [4.69, 9.17) is 28.6 Å². The van der Waals surface area contributed by atoms with Gasteiger partial charge in [-0.05, 0) is 41.5 Å². The van der Waals surface area contributed by atoms with E-state index in [1.165, 1.54) is 12.7 Å². The number of nitrogens with zero attached hydrogens (tertiary/aromatic N) is 4. The van der Waals surface area contributed by atoms with Crippen molar-refractivity contribution in [3.8, 4) is 0 Å². The Labute approximate surface area is 197 Å². The molecule has 2 aromatic rings. The number of fused-ring (bicyclic) bond motifs is 1. The van der Waals surface area contributed by atoms with Gasteiger partial charge in [-0.25, -0.2) is 24.1 Å². The van der Waals surface area contributed by atoms with Crippen LogP contribution in [0.15, 0.2) is 12.7 Å². The number of phosphoric ester groups is 2. The van der Waals surface area contributed by atoms with Crippen LogP contribution < -0.4 is 5.73 Å². The lowest BCUT2D eigenvalue weighted by atomic mass is 10.2. The first-order valence-corrected chi connectivity index (χ1v) is 13.4. The number of nitrogens with two attached hydrogens (primary N) is 1. The van der Waals surface area contributed by atoms with Crippen molar-refractivity contribution in [3.05, 3.63) is 12.7 Å². The maximum Gasteiger partial charge on any atom is 0.473 e. The Morgan fingerprint density at radius 1 is 1.09 bits per heavy atom. The second-order valence-corrected chi connectivity index (χ2v) is 12.4. The van der Waals surface area contributed by atoms with Crippen LogP contribution in [0.4, 0.5) is 5.82 Å². The van der Waals surface area contributed by atoms with Crippen LogP contribution in [0.5, 0.6) is 0 Å². The molecule has 0 spiro atoms. The zero-order valence-electron chi connectivity index (χ0n) is 19.8. The molecule has 14 nitrogen and oxygen atoms in total. The molecular formula is C18H31N5O9P2. The molecule has 0 saturated carbocycles. The van der Waals surface area contributed by atoms with Crippen molar-refractivity contribution in [1.29, 1.82) is 0 Å². The van der Waals surface area contributed by atoms with Crippen molar-refractivity contribution in [1.82, 2.24) is 19.5 Å². The summed E-state index contributed by atoms with van der Waals surface area (Å²) in [6.45, 7) is 9.11. The summed E-state index contributed by atoms with van der Waals surface area (Å²) in [7, 11) is -8.98. The van der Waals surface area contributed by atoms with Gasteiger partial charge in [0.05, 0.1) is 24.1 Å². The van der Waals surface area contributed by atoms with Crippen molar-refractivity contribution in [2.75, 3.05) is 12.3 Å². The van der Waals surface area contributed by atoms with Crippen LogP contribution >= 0.6 is 15.6 Å². The summed E-state index contributed by atoms with van der Waals surface area (Å²) in [5.74, 6) is 0.174. The van der Waals surface area contributed by atoms with Crippen molar-refractivity contribution >= 4 is 32.6 Å². The average Bonchev–Trinajstić information content (AvgIpc) is 3.20. The molecule has 0 bridgehead atoms. The van der Waals surface area contributed by atoms with Crippen molar-refractivity contribution < 1.29 is 41.7 Å². The Hall–Kier alpha value is -1.47. The first-order chi connectivity index (χ1) is 15.4. The molecular weight excluding hydrogens is 492 g/mol. The van der Waals surface area contributed by atoms with Crippen LogP contribution in [-0.2, 0) is 32.0 Å². The van der Waals surface area contributed by atoms with Crippen molar-refractivity contribution in [2.45, 2.75) is 77.6 Å². The average molecular weight is 523 g/mol. The summed E-state index contributed by atoms with van der Waals surface area (Å²) in [6.07, 6.45) is -0.0927. The van der Waals surface area contributed by atoms with E-state index in [-0.39, 0.29) is 12.2 Å². The van der Waals surface area contributed by atoms with E-state index in [0.29, 0.717) is 11.2 Å². The number of anilines is 1. The van der Waals surface area contributed by atoms with Crippen LogP contribution in [0.25, 0.3) is 11.2 Å². The minimum Gasteiger partial charge on any atom is -0.382 e. The normalized spacial score (nSPS) is 25.4. The van der Waals surface area contributed by atoms with Gasteiger partial charge in [0, 0.05) is 6.42 Å². The lowest BCUT2D eigenvalue weighted by Crippen LogP contribution is -2.30. The first-order valence-electron chi connectivity index (χ1n) is 10.4. The number of hydrogen-bond acceptors (Lipinski definition) is 11. The highest BCUT2D eigenvalue weighted by atomic mass is 31.2. The summed E-state index contributed by atoms with van der Waals surface area (Å²) in [6, 6.07) is 0.